The second-order valence-corrected chi connectivity index (χ2v) is 2.96. The molecule has 0 spiro atoms. The molecular weight excluding hydrogens is 130 g/mol. The number of rotatable bonds is 3. The maximum Gasteiger partial charge on any atom is 0.305 e. The summed E-state index contributed by atoms with van der Waals surface area (Å²) in [5.74, 6) is -0.236. The zero-order valence-electron chi connectivity index (χ0n) is 6.73. The van der Waals surface area contributed by atoms with E-state index in [1.807, 2.05) is 0 Å². The van der Waals surface area contributed by atoms with Gasteiger partial charge in [-0.3, -0.25) is 10.5 Å². The van der Waals surface area contributed by atoms with Crippen LogP contribution in [-0.4, -0.2) is 18.6 Å². The fraction of sp³-hybridized carbons (Fsp3) is 0.857. The Hall–Kier alpha value is -0.570. The quantitative estimate of drug-likeness (QED) is 0.555. The van der Waals surface area contributed by atoms with Crippen LogP contribution in [0.15, 0.2) is 0 Å². The molecule has 1 radical (unpaired) electrons. The molecule has 0 heterocycles. The maximum atomic E-state index is 10.6. The van der Waals surface area contributed by atoms with E-state index in [0.717, 1.165) is 0 Å². The fourth-order valence-electron chi connectivity index (χ4n) is 0.517. The molecule has 59 valence electrons. The molecule has 0 aromatic rings. The highest BCUT2D eigenvalue weighted by atomic mass is 16.5. The first-order valence-corrected chi connectivity index (χ1v) is 3.27. The Morgan fingerprint density at radius 2 is 2.10 bits per heavy atom. The average Bonchev–Trinajstić information content (AvgIpc) is 1.81. The van der Waals surface area contributed by atoms with Gasteiger partial charge in [-0.05, 0) is 20.3 Å². The highest BCUT2D eigenvalue weighted by Crippen LogP contribution is 2.08. The standard InChI is InChI=1S/C7H14NO2/c1-7(2,8)5-4-6(9)10-3/h8H,4-5H2,1-3H3. The van der Waals surface area contributed by atoms with Gasteiger partial charge in [-0.15, -0.1) is 0 Å². The van der Waals surface area contributed by atoms with Crippen molar-refractivity contribution in [3.8, 4) is 0 Å². The van der Waals surface area contributed by atoms with Crippen molar-refractivity contribution in [2.75, 3.05) is 7.11 Å². The number of hydrogen-bond donors (Lipinski definition) is 0. The van der Waals surface area contributed by atoms with E-state index < -0.39 is 5.54 Å². The Kier molecular flexibility index (Phi) is 3.36. The van der Waals surface area contributed by atoms with Gasteiger partial charge in [0.1, 0.15) is 0 Å². The Balaban J connectivity index is 3.46. The third-order valence-corrected chi connectivity index (χ3v) is 1.18. The Labute approximate surface area is 61.5 Å². The van der Waals surface area contributed by atoms with E-state index in [4.69, 9.17) is 5.73 Å². The van der Waals surface area contributed by atoms with Crippen molar-refractivity contribution >= 4 is 5.97 Å². The fourth-order valence-corrected chi connectivity index (χ4v) is 0.517. The summed E-state index contributed by atoms with van der Waals surface area (Å²) in [5, 5.41) is 0. The van der Waals surface area contributed by atoms with E-state index in [1.54, 1.807) is 13.8 Å². The minimum atomic E-state index is -0.520. The van der Waals surface area contributed by atoms with Gasteiger partial charge >= 0.3 is 5.97 Å². The minimum absolute atomic E-state index is 0.236. The number of methoxy groups -OCH3 is 1. The molecule has 0 atom stereocenters. The van der Waals surface area contributed by atoms with Crippen LogP contribution in [0.3, 0.4) is 0 Å². The minimum Gasteiger partial charge on any atom is -0.469 e. The summed E-state index contributed by atoms with van der Waals surface area (Å²) < 4.78 is 4.42. The van der Waals surface area contributed by atoms with E-state index in [0.29, 0.717) is 12.8 Å². The van der Waals surface area contributed by atoms with Crippen LogP contribution >= 0.6 is 0 Å². The SMILES string of the molecule is COC(=O)CCC(C)(C)[NH]. The van der Waals surface area contributed by atoms with E-state index in [2.05, 4.69) is 4.74 Å². The Bertz CT molecular complexity index is 115. The highest BCUT2D eigenvalue weighted by Gasteiger charge is 2.13. The van der Waals surface area contributed by atoms with E-state index in [9.17, 15) is 4.79 Å². The molecule has 0 amide bonds. The maximum absolute atomic E-state index is 10.6. The third-order valence-electron chi connectivity index (χ3n) is 1.18. The second-order valence-electron chi connectivity index (χ2n) is 2.96. The molecule has 0 bridgehead atoms. The lowest BCUT2D eigenvalue weighted by molar-refractivity contribution is -0.141. The Morgan fingerprint density at radius 1 is 1.60 bits per heavy atom. The van der Waals surface area contributed by atoms with Crippen LogP contribution < -0.4 is 5.73 Å². The lowest BCUT2D eigenvalue weighted by Gasteiger charge is -2.15. The van der Waals surface area contributed by atoms with Crippen molar-refractivity contribution < 1.29 is 9.53 Å². The van der Waals surface area contributed by atoms with Crippen molar-refractivity contribution in [1.82, 2.24) is 5.73 Å². The van der Waals surface area contributed by atoms with Crippen LogP contribution in [0.2, 0.25) is 0 Å². The zero-order valence-corrected chi connectivity index (χ0v) is 6.73. The first-order valence-electron chi connectivity index (χ1n) is 3.27. The van der Waals surface area contributed by atoms with E-state index in [1.165, 1.54) is 7.11 Å². The van der Waals surface area contributed by atoms with Crippen molar-refractivity contribution in [3.05, 3.63) is 0 Å². The van der Waals surface area contributed by atoms with Crippen molar-refractivity contribution in [2.45, 2.75) is 32.2 Å². The number of hydrogen-bond acceptors (Lipinski definition) is 2. The van der Waals surface area contributed by atoms with Gasteiger partial charge in [0, 0.05) is 12.0 Å². The molecule has 10 heavy (non-hydrogen) atoms. The van der Waals surface area contributed by atoms with Crippen LogP contribution in [0.25, 0.3) is 0 Å². The summed E-state index contributed by atoms with van der Waals surface area (Å²) in [6, 6.07) is 0. The molecular formula is C7H14NO2. The normalized spacial score (nSPS) is 11.2. The van der Waals surface area contributed by atoms with Crippen LogP contribution in [-0.2, 0) is 9.53 Å². The molecule has 0 aromatic heterocycles. The van der Waals surface area contributed by atoms with Crippen molar-refractivity contribution in [3.63, 3.8) is 0 Å². The molecule has 0 aliphatic carbocycles. The van der Waals surface area contributed by atoms with Crippen LogP contribution in [0.1, 0.15) is 26.7 Å². The summed E-state index contributed by atoms with van der Waals surface area (Å²) in [7, 11) is 1.36. The van der Waals surface area contributed by atoms with Crippen LogP contribution in [0.5, 0.6) is 0 Å². The van der Waals surface area contributed by atoms with Gasteiger partial charge in [0.2, 0.25) is 0 Å². The molecule has 0 aliphatic rings. The topological polar surface area (TPSA) is 50.1 Å². The van der Waals surface area contributed by atoms with E-state index in [-0.39, 0.29) is 5.97 Å². The molecule has 0 aliphatic heterocycles. The largest absolute Gasteiger partial charge is 0.469 e. The summed E-state index contributed by atoms with van der Waals surface area (Å²) >= 11 is 0. The van der Waals surface area contributed by atoms with Gasteiger partial charge in [0.15, 0.2) is 0 Å². The Morgan fingerprint density at radius 3 is 2.40 bits per heavy atom. The molecule has 0 fully saturated rings. The molecule has 3 nitrogen and oxygen atoms in total. The lowest BCUT2D eigenvalue weighted by Crippen LogP contribution is -2.22. The van der Waals surface area contributed by atoms with Gasteiger partial charge in [-0.1, -0.05) is 0 Å². The number of esters is 1. The molecule has 0 rings (SSSR count). The van der Waals surface area contributed by atoms with Gasteiger partial charge < -0.3 is 4.74 Å². The first-order chi connectivity index (χ1) is 4.45. The first kappa shape index (κ1) is 9.43. The van der Waals surface area contributed by atoms with Crippen molar-refractivity contribution in [1.29, 1.82) is 0 Å². The summed E-state index contributed by atoms with van der Waals surface area (Å²) in [6.07, 6.45) is 0.896. The molecule has 3 heteroatoms. The number of ether oxygens (including phenoxy) is 1. The summed E-state index contributed by atoms with van der Waals surface area (Å²) in [4.78, 5) is 10.6. The van der Waals surface area contributed by atoms with Gasteiger partial charge in [-0.25, -0.2) is 0 Å². The zero-order chi connectivity index (χ0) is 8.20. The average molecular weight is 144 g/mol. The number of nitrogens with one attached hydrogen (secondary N) is 1. The van der Waals surface area contributed by atoms with Crippen molar-refractivity contribution in [2.24, 2.45) is 0 Å². The smallest absolute Gasteiger partial charge is 0.305 e. The molecule has 0 aromatic carbocycles. The predicted molar refractivity (Wildman–Crippen MR) is 38.4 cm³/mol. The summed E-state index contributed by atoms with van der Waals surface area (Å²) in [5.41, 5.74) is 6.87. The van der Waals surface area contributed by atoms with Gasteiger partial charge in [-0.2, -0.15) is 0 Å². The van der Waals surface area contributed by atoms with Gasteiger partial charge in [0.05, 0.1) is 7.11 Å². The third kappa shape index (κ3) is 5.56. The molecule has 0 unspecified atom stereocenters. The van der Waals surface area contributed by atoms with Crippen LogP contribution in [0, 0.1) is 0 Å². The molecule has 0 saturated heterocycles. The van der Waals surface area contributed by atoms with E-state index >= 15 is 0 Å². The lowest BCUT2D eigenvalue weighted by atomic mass is 10.0. The van der Waals surface area contributed by atoms with Gasteiger partial charge in [0.25, 0.3) is 0 Å². The highest BCUT2D eigenvalue weighted by molar-refractivity contribution is 5.69. The summed E-state index contributed by atoms with van der Waals surface area (Å²) in [6.45, 7) is 3.55. The number of carbonyl (C=O) groups is 1. The van der Waals surface area contributed by atoms with Crippen LogP contribution in [0.4, 0.5) is 0 Å². The predicted octanol–water partition coefficient (Wildman–Crippen LogP) is 1.00. The molecule has 0 saturated carbocycles. The second kappa shape index (κ2) is 3.56. The number of carbonyl (C=O) groups excluding carboxylic acids is 1. The molecule has 1 N–H and O–H groups in total. The monoisotopic (exact) mass is 144 g/mol.